The van der Waals surface area contributed by atoms with Crippen LogP contribution in [0.3, 0.4) is 0 Å². The third kappa shape index (κ3) is 2.13. The Kier molecular flexibility index (Phi) is 3.18. The lowest BCUT2D eigenvalue weighted by Gasteiger charge is -2.04. The number of aryl methyl sites for hydroxylation is 1. The molecule has 0 aliphatic carbocycles. The largest absolute Gasteiger partial charge is 0.548 e. The van der Waals surface area contributed by atoms with Crippen LogP contribution in [0.4, 0.5) is 0 Å². The van der Waals surface area contributed by atoms with Gasteiger partial charge in [0, 0.05) is 5.22 Å². The molecule has 0 fully saturated rings. The van der Waals surface area contributed by atoms with Crippen LogP contribution in [0.5, 0.6) is 5.88 Å². The molecule has 0 unspecified atom stereocenters. The van der Waals surface area contributed by atoms with Gasteiger partial charge in [-0.1, -0.05) is 23.0 Å². The summed E-state index contributed by atoms with van der Waals surface area (Å²) in [5.74, 6) is -2.64. The van der Waals surface area contributed by atoms with Crippen molar-refractivity contribution < 1.29 is 19.8 Å². The van der Waals surface area contributed by atoms with Gasteiger partial charge in [-0.05, 0) is 19.1 Å². The minimum absolute atomic E-state index is 0.0179. The fourth-order valence-corrected chi connectivity index (χ4v) is 3.21. The molecule has 0 spiro atoms. The lowest BCUT2D eigenvalue weighted by atomic mass is 10.1. The maximum atomic E-state index is 12.1. The second-order valence-corrected chi connectivity index (χ2v) is 5.75. The first-order chi connectivity index (χ1) is 10.4. The number of rotatable bonds is 3. The normalized spacial score (nSPS) is 13.1. The molecule has 0 bridgehead atoms. The number of carbonyl (C=O) groups is 2. The Morgan fingerprint density at radius 1 is 1.41 bits per heavy atom. The van der Waals surface area contributed by atoms with E-state index >= 15 is 0 Å². The summed E-state index contributed by atoms with van der Waals surface area (Å²) >= 11 is 0.602. The number of aromatic hydroxyl groups is 1. The maximum absolute atomic E-state index is 12.1. The zero-order valence-corrected chi connectivity index (χ0v) is 12.1. The van der Waals surface area contributed by atoms with Gasteiger partial charge in [-0.2, -0.15) is 0 Å². The summed E-state index contributed by atoms with van der Waals surface area (Å²) in [7, 11) is 0. The van der Waals surface area contributed by atoms with Crippen LogP contribution < -0.4 is 20.6 Å². The van der Waals surface area contributed by atoms with E-state index in [4.69, 9.17) is 0 Å². The number of thiazole rings is 1. The fourth-order valence-electron chi connectivity index (χ4n) is 2.28. The van der Waals surface area contributed by atoms with Gasteiger partial charge in [0.15, 0.2) is 0 Å². The van der Waals surface area contributed by atoms with E-state index in [-0.39, 0.29) is 10.5 Å². The van der Waals surface area contributed by atoms with E-state index in [0.717, 1.165) is 5.56 Å². The number of aromatic nitrogens is 1. The Morgan fingerprint density at radius 2 is 2.14 bits per heavy atom. The first kappa shape index (κ1) is 14.2. The summed E-state index contributed by atoms with van der Waals surface area (Å²) in [6.45, 7) is 1.06. The van der Waals surface area contributed by atoms with Gasteiger partial charge in [0.25, 0.3) is 5.91 Å². The van der Waals surface area contributed by atoms with Crippen molar-refractivity contribution in [1.29, 1.82) is 0 Å². The van der Waals surface area contributed by atoms with Gasteiger partial charge in [0.2, 0.25) is 5.88 Å². The Morgan fingerprint density at radius 3 is 2.82 bits per heavy atom. The molecule has 0 saturated carbocycles. The van der Waals surface area contributed by atoms with E-state index in [1.54, 1.807) is 18.2 Å². The van der Waals surface area contributed by atoms with Crippen molar-refractivity contribution in [2.45, 2.75) is 13.5 Å². The molecule has 112 valence electrons. The van der Waals surface area contributed by atoms with Gasteiger partial charge >= 0.3 is 4.87 Å². The van der Waals surface area contributed by atoms with Crippen LogP contribution in [0, 0.1) is 6.92 Å². The van der Waals surface area contributed by atoms with Gasteiger partial charge in [-0.3, -0.25) is 14.2 Å². The van der Waals surface area contributed by atoms with E-state index in [0.29, 0.717) is 26.5 Å². The molecule has 8 heteroatoms. The summed E-state index contributed by atoms with van der Waals surface area (Å²) in [4.78, 5) is 37.8. The molecule has 2 heterocycles. The number of aliphatic carboxylic acids is 1. The van der Waals surface area contributed by atoms with Gasteiger partial charge < -0.3 is 15.0 Å². The molecule has 1 aliphatic heterocycles. The van der Waals surface area contributed by atoms with E-state index in [1.807, 2.05) is 6.92 Å². The number of benzene rings is 1. The van der Waals surface area contributed by atoms with E-state index in [1.165, 1.54) is 0 Å². The highest BCUT2D eigenvalue weighted by Gasteiger charge is 2.26. The first-order valence-electron chi connectivity index (χ1n) is 6.25. The molecule has 1 aromatic carbocycles. The number of nitrogens with zero attached hydrogens (tertiary/aromatic N) is 2. The van der Waals surface area contributed by atoms with Crippen molar-refractivity contribution in [3.05, 3.63) is 48.9 Å². The standard InChI is InChI=1S/C14H10N2O5S/c1-6-2-3-8-7(4-6)10(12(19)15-8)11-13(20)16(5-9(17)18)14(21)22-11/h2-4,20H,5H2,1H3,(H,17,18)/p-1. The van der Waals surface area contributed by atoms with Crippen molar-refractivity contribution in [2.75, 3.05) is 0 Å². The number of fused-ring (bicyclic) bond motifs is 1. The van der Waals surface area contributed by atoms with Crippen molar-refractivity contribution in [1.82, 2.24) is 4.57 Å². The number of hydrogen-bond acceptors (Lipinski definition) is 6. The van der Waals surface area contributed by atoms with Gasteiger partial charge in [-0.25, -0.2) is 4.99 Å². The van der Waals surface area contributed by atoms with Crippen LogP contribution in [0.15, 0.2) is 28.0 Å². The predicted octanol–water partition coefficient (Wildman–Crippen LogP) is -1.97. The zero-order valence-electron chi connectivity index (χ0n) is 11.3. The third-order valence-electron chi connectivity index (χ3n) is 3.24. The third-order valence-corrected chi connectivity index (χ3v) is 4.23. The van der Waals surface area contributed by atoms with Crippen LogP contribution in [0.25, 0.3) is 5.57 Å². The molecule has 2 aromatic rings. The molecule has 0 saturated heterocycles. The minimum Gasteiger partial charge on any atom is -0.548 e. The highest BCUT2D eigenvalue weighted by molar-refractivity contribution is 7.11. The van der Waals surface area contributed by atoms with Crippen molar-refractivity contribution >= 4 is 28.8 Å². The van der Waals surface area contributed by atoms with E-state index in [2.05, 4.69) is 4.99 Å². The SMILES string of the molecule is Cc1ccc2c(c1)=C(c1sc(=O)n(CC(=O)[O-])c1O)C(=O)N=2. The summed E-state index contributed by atoms with van der Waals surface area (Å²) in [5.41, 5.74) is 0.998. The second kappa shape index (κ2) is 4.92. The Labute approximate surface area is 127 Å². The topological polar surface area (TPSA) is 112 Å². The maximum Gasteiger partial charge on any atom is 0.310 e. The molecule has 1 aromatic heterocycles. The molecule has 3 rings (SSSR count). The first-order valence-corrected chi connectivity index (χ1v) is 7.07. The molecule has 1 amide bonds. The predicted molar refractivity (Wildman–Crippen MR) is 74.7 cm³/mol. The number of amides is 1. The summed E-state index contributed by atoms with van der Waals surface area (Å²) < 4.78 is 0.656. The Bertz CT molecular complexity index is 999. The molecule has 1 N–H and O–H groups in total. The smallest absolute Gasteiger partial charge is 0.310 e. The summed E-state index contributed by atoms with van der Waals surface area (Å²) in [6, 6.07) is 5.20. The van der Waals surface area contributed by atoms with Crippen molar-refractivity contribution in [3.63, 3.8) is 0 Å². The number of hydrogen-bond donors (Lipinski definition) is 1. The highest BCUT2D eigenvalue weighted by atomic mass is 32.1. The minimum atomic E-state index is -1.51. The van der Waals surface area contributed by atoms with E-state index in [9.17, 15) is 24.6 Å². The van der Waals surface area contributed by atoms with Crippen LogP contribution in [-0.4, -0.2) is 21.6 Å². The lowest BCUT2D eigenvalue weighted by Crippen LogP contribution is -2.30. The molecular weight excluding hydrogens is 308 g/mol. The van der Waals surface area contributed by atoms with Crippen molar-refractivity contribution in [3.8, 4) is 5.88 Å². The Balaban J connectivity index is 2.31. The summed E-state index contributed by atoms with van der Waals surface area (Å²) in [6.07, 6.45) is 0. The van der Waals surface area contributed by atoms with Crippen LogP contribution in [0.1, 0.15) is 10.4 Å². The van der Waals surface area contributed by atoms with E-state index < -0.39 is 29.2 Å². The van der Waals surface area contributed by atoms with Gasteiger partial charge in [-0.15, -0.1) is 0 Å². The molecule has 0 radical (unpaired) electrons. The van der Waals surface area contributed by atoms with Gasteiger partial charge in [0.05, 0.1) is 23.4 Å². The monoisotopic (exact) mass is 317 g/mol. The molecule has 22 heavy (non-hydrogen) atoms. The average Bonchev–Trinajstić information content (AvgIpc) is 2.88. The molecule has 1 aliphatic rings. The second-order valence-electron chi connectivity index (χ2n) is 4.79. The highest BCUT2D eigenvalue weighted by Crippen LogP contribution is 2.27. The van der Waals surface area contributed by atoms with Crippen LogP contribution in [0.2, 0.25) is 0 Å². The van der Waals surface area contributed by atoms with Crippen LogP contribution in [-0.2, 0) is 16.1 Å². The number of carboxylic acids is 1. The Hall–Kier alpha value is -2.74. The fraction of sp³-hybridized carbons (Fsp3) is 0.143. The van der Waals surface area contributed by atoms with Gasteiger partial charge in [0.1, 0.15) is 4.88 Å². The number of carboxylic acid groups (broad SMARTS) is 1. The molecule has 0 atom stereocenters. The lowest BCUT2D eigenvalue weighted by molar-refractivity contribution is -0.306. The quantitative estimate of drug-likeness (QED) is 0.706. The number of carbonyl (C=O) groups excluding carboxylic acids is 2. The van der Waals surface area contributed by atoms with Crippen molar-refractivity contribution in [2.24, 2.45) is 4.99 Å². The average molecular weight is 317 g/mol. The van der Waals surface area contributed by atoms with Crippen LogP contribution >= 0.6 is 11.3 Å². The summed E-state index contributed by atoms with van der Waals surface area (Å²) in [5, 5.41) is 21.7. The zero-order chi connectivity index (χ0) is 16.0. The molecule has 7 nitrogen and oxygen atoms in total. The molecular formula is C14H9N2O5S-.